The molecule has 2 N–H and O–H groups in total. The van der Waals surface area contributed by atoms with Crippen LogP contribution in [0.2, 0.25) is 0 Å². The van der Waals surface area contributed by atoms with E-state index in [4.69, 9.17) is 4.98 Å². The number of nitrogens with one attached hydrogen (secondary N) is 2. The Balaban J connectivity index is 1.53. The summed E-state index contributed by atoms with van der Waals surface area (Å²) < 4.78 is 13.5. The zero-order chi connectivity index (χ0) is 24.5. The van der Waals surface area contributed by atoms with Crippen molar-refractivity contribution < 1.29 is 9.18 Å². The van der Waals surface area contributed by atoms with E-state index in [-0.39, 0.29) is 18.1 Å². The number of nitriles is 1. The van der Waals surface area contributed by atoms with E-state index in [2.05, 4.69) is 21.7 Å². The van der Waals surface area contributed by atoms with E-state index in [0.29, 0.717) is 36.6 Å². The number of amides is 1. The Morgan fingerprint density at radius 1 is 1.00 bits per heavy atom. The molecule has 0 aliphatic heterocycles. The van der Waals surface area contributed by atoms with E-state index in [9.17, 15) is 14.4 Å². The number of carbonyl (C=O) groups excluding carboxylic acids is 1. The van der Waals surface area contributed by atoms with Gasteiger partial charge in [-0.25, -0.2) is 9.37 Å². The molecule has 0 unspecified atom stereocenters. The van der Waals surface area contributed by atoms with Gasteiger partial charge in [0.1, 0.15) is 11.6 Å². The molecule has 0 radical (unpaired) electrons. The van der Waals surface area contributed by atoms with E-state index in [1.807, 2.05) is 42.5 Å². The molecule has 0 bridgehead atoms. The van der Waals surface area contributed by atoms with Gasteiger partial charge in [0.05, 0.1) is 23.7 Å². The molecule has 2 aromatic heterocycles. The van der Waals surface area contributed by atoms with Crippen LogP contribution in [0, 0.1) is 17.1 Å². The van der Waals surface area contributed by atoms with Crippen molar-refractivity contribution >= 4 is 11.7 Å². The quantitative estimate of drug-likeness (QED) is 0.375. The second-order valence-electron chi connectivity index (χ2n) is 7.98. The second-order valence-corrected chi connectivity index (χ2v) is 7.98. The number of pyridine rings is 2. The smallest absolute Gasteiger partial charge is 0.224 e. The van der Waals surface area contributed by atoms with Crippen LogP contribution in [0.15, 0.2) is 85.2 Å². The lowest BCUT2D eigenvalue weighted by Crippen LogP contribution is -2.25. The summed E-state index contributed by atoms with van der Waals surface area (Å²) in [5.41, 5.74) is 4.37. The van der Waals surface area contributed by atoms with Gasteiger partial charge in [-0.3, -0.25) is 9.78 Å². The van der Waals surface area contributed by atoms with E-state index in [1.54, 1.807) is 30.6 Å². The normalized spacial score (nSPS) is 10.4. The average molecular weight is 466 g/mol. The lowest BCUT2D eigenvalue weighted by atomic mass is 10.0. The first-order chi connectivity index (χ1) is 17.1. The van der Waals surface area contributed by atoms with Crippen LogP contribution >= 0.6 is 0 Å². The summed E-state index contributed by atoms with van der Waals surface area (Å²) in [6.07, 6.45) is 4.12. The largest absolute Gasteiger partial charge is 0.369 e. The molecule has 35 heavy (non-hydrogen) atoms. The van der Waals surface area contributed by atoms with Gasteiger partial charge in [0.25, 0.3) is 0 Å². The first kappa shape index (κ1) is 23.6. The Morgan fingerprint density at radius 3 is 2.66 bits per heavy atom. The van der Waals surface area contributed by atoms with Crippen LogP contribution in [-0.4, -0.2) is 22.4 Å². The summed E-state index contributed by atoms with van der Waals surface area (Å²) in [6, 6.07) is 23.3. The van der Waals surface area contributed by atoms with Crippen LogP contribution < -0.4 is 10.6 Å². The number of anilines is 1. The maximum Gasteiger partial charge on any atom is 0.224 e. The third kappa shape index (κ3) is 6.49. The van der Waals surface area contributed by atoms with Crippen molar-refractivity contribution in [3.63, 3.8) is 0 Å². The van der Waals surface area contributed by atoms with Crippen LogP contribution in [0.4, 0.5) is 10.2 Å². The number of benzene rings is 2. The predicted molar refractivity (Wildman–Crippen MR) is 133 cm³/mol. The lowest BCUT2D eigenvalue weighted by Gasteiger charge is -2.14. The van der Waals surface area contributed by atoms with Gasteiger partial charge in [0, 0.05) is 36.6 Å². The molecule has 1 amide bonds. The fraction of sp³-hybridized carbons (Fsp3) is 0.143. The fourth-order valence-electron chi connectivity index (χ4n) is 3.69. The van der Waals surface area contributed by atoms with Crippen LogP contribution in [0.25, 0.3) is 11.3 Å². The SMILES string of the molecule is N#Cc1ccccc1-c1ccc(CC(=O)NCc2cccnc2)c(NCCc2cccc(F)c2)n1. The molecule has 0 spiro atoms. The van der Waals surface area contributed by atoms with Gasteiger partial charge in [-0.1, -0.05) is 42.5 Å². The summed E-state index contributed by atoms with van der Waals surface area (Å²) in [7, 11) is 0. The maximum atomic E-state index is 13.5. The highest BCUT2D eigenvalue weighted by atomic mass is 19.1. The summed E-state index contributed by atoms with van der Waals surface area (Å²) in [5, 5.41) is 15.7. The van der Waals surface area contributed by atoms with Crippen molar-refractivity contribution in [3.05, 3.63) is 113 Å². The number of carbonyl (C=O) groups is 1. The molecule has 6 nitrogen and oxygen atoms in total. The molecule has 174 valence electrons. The number of hydrogen-bond acceptors (Lipinski definition) is 5. The van der Waals surface area contributed by atoms with Crippen LogP contribution in [0.1, 0.15) is 22.3 Å². The highest BCUT2D eigenvalue weighted by Gasteiger charge is 2.13. The highest BCUT2D eigenvalue weighted by molar-refractivity contribution is 5.80. The third-order valence-corrected chi connectivity index (χ3v) is 5.46. The third-order valence-electron chi connectivity index (χ3n) is 5.46. The van der Waals surface area contributed by atoms with Gasteiger partial charge in [-0.2, -0.15) is 5.26 Å². The van der Waals surface area contributed by atoms with Gasteiger partial charge in [-0.15, -0.1) is 0 Å². The summed E-state index contributed by atoms with van der Waals surface area (Å²) in [6.45, 7) is 0.889. The van der Waals surface area contributed by atoms with E-state index in [0.717, 1.165) is 22.3 Å². The van der Waals surface area contributed by atoms with E-state index < -0.39 is 0 Å². The number of halogens is 1. The molecule has 0 fully saturated rings. The Bertz CT molecular complexity index is 1350. The topological polar surface area (TPSA) is 90.7 Å². The molecule has 0 aliphatic carbocycles. The summed E-state index contributed by atoms with van der Waals surface area (Å²) >= 11 is 0. The minimum absolute atomic E-state index is 0.135. The summed E-state index contributed by atoms with van der Waals surface area (Å²) in [4.78, 5) is 21.5. The molecule has 0 saturated carbocycles. The lowest BCUT2D eigenvalue weighted by molar-refractivity contribution is -0.120. The zero-order valence-corrected chi connectivity index (χ0v) is 19.0. The molecule has 4 aromatic rings. The van der Waals surface area contributed by atoms with E-state index in [1.165, 1.54) is 12.1 Å². The molecule has 0 aliphatic rings. The molecule has 7 heteroatoms. The Kier molecular flexibility index (Phi) is 7.77. The minimum atomic E-state index is -0.276. The van der Waals surface area contributed by atoms with Crippen molar-refractivity contribution in [1.29, 1.82) is 5.26 Å². The Labute approximate surface area is 203 Å². The Morgan fingerprint density at radius 2 is 1.86 bits per heavy atom. The molecule has 4 rings (SSSR count). The zero-order valence-electron chi connectivity index (χ0n) is 19.0. The van der Waals surface area contributed by atoms with Crippen molar-refractivity contribution in [1.82, 2.24) is 15.3 Å². The maximum absolute atomic E-state index is 13.5. The number of rotatable bonds is 9. The molecule has 2 heterocycles. The number of aromatic nitrogens is 2. The second kappa shape index (κ2) is 11.5. The molecule has 0 saturated heterocycles. The van der Waals surface area contributed by atoms with Gasteiger partial charge >= 0.3 is 0 Å². The van der Waals surface area contributed by atoms with Gasteiger partial charge in [0.15, 0.2) is 0 Å². The van der Waals surface area contributed by atoms with Crippen LogP contribution in [-0.2, 0) is 24.2 Å². The predicted octanol–water partition coefficient (Wildman–Crippen LogP) is 4.67. The van der Waals surface area contributed by atoms with Crippen molar-refractivity contribution in [2.75, 3.05) is 11.9 Å². The first-order valence-corrected chi connectivity index (χ1v) is 11.3. The Hall–Kier alpha value is -4.57. The average Bonchev–Trinajstić information content (AvgIpc) is 2.89. The van der Waals surface area contributed by atoms with Gasteiger partial charge in [-0.05, 0) is 47.9 Å². The molecular formula is C28H24FN5O. The highest BCUT2D eigenvalue weighted by Crippen LogP contribution is 2.25. The first-order valence-electron chi connectivity index (χ1n) is 11.3. The van der Waals surface area contributed by atoms with Crippen molar-refractivity contribution in [3.8, 4) is 17.3 Å². The standard InChI is InChI=1S/C28H24FN5O/c29-24-8-3-5-20(15-24)12-14-32-28-22(16-27(35)33-19-21-6-4-13-31-18-21)10-11-26(34-28)25-9-2-1-7-23(25)17-30/h1-11,13,15,18H,12,14,16,19H2,(H,32,34)(H,33,35). The minimum Gasteiger partial charge on any atom is -0.369 e. The fourth-order valence-corrected chi connectivity index (χ4v) is 3.69. The van der Waals surface area contributed by atoms with Crippen LogP contribution in [0.3, 0.4) is 0 Å². The molecule has 2 aromatic carbocycles. The van der Waals surface area contributed by atoms with Gasteiger partial charge < -0.3 is 10.6 Å². The number of hydrogen-bond donors (Lipinski definition) is 2. The van der Waals surface area contributed by atoms with Crippen molar-refractivity contribution in [2.45, 2.75) is 19.4 Å². The summed E-state index contributed by atoms with van der Waals surface area (Å²) in [5.74, 6) is 0.138. The van der Waals surface area contributed by atoms with Crippen molar-refractivity contribution in [2.24, 2.45) is 0 Å². The molecule has 0 atom stereocenters. The number of nitrogens with zero attached hydrogens (tertiary/aromatic N) is 3. The van der Waals surface area contributed by atoms with Crippen LogP contribution in [0.5, 0.6) is 0 Å². The monoisotopic (exact) mass is 465 g/mol. The van der Waals surface area contributed by atoms with E-state index >= 15 is 0 Å². The van der Waals surface area contributed by atoms with Gasteiger partial charge in [0.2, 0.25) is 5.91 Å². The molecular weight excluding hydrogens is 441 g/mol.